The first-order valence-corrected chi connectivity index (χ1v) is 9.22. The van der Waals surface area contributed by atoms with Gasteiger partial charge in [-0.25, -0.2) is 8.42 Å². The number of aliphatic hydroxyl groups is 1. The molecule has 0 radical (unpaired) electrons. The van der Waals surface area contributed by atoms with E-state index in [1.807, 2.05) is 18.2 Å². The van der Waals surface area contributed by atoms with E-state index in [4.69, 9.17) is 5.73 Å². The van der Waals surface area contributed by atoms with E-state index in [1.165, 1.54) is 16.1 Å². The average molecular weight is 316 g/mol. The van der Waals surface area contributed by atoms with Gasteiger partial charge in [-0.05, 0) is 25.0 Å². The second-order valence-corrected chi connectivity index (χ2v) is 7.97. The summed E-state index contributed by atoms with van der Waals surface area (Å²) in [6, 6.07) is 7.19. The van der Waals surface area contributed by atoms with Crippen molar-refractivity contribution in [1.29, 1.82) is 0 Å². The molecule has 5 nitrogen and oxygen atoms in total. The van der Waals surface area contributed by atoms with Crippen LogP contribution in [0.4, 0.5) is 5.69 Å². The van der Waals surface area contributed by atoms with Crippen molar-refractivity contribution in [3.8, 4) is 0 Å². The van der Waals surface area contributed by atoms with Crippen molar-refractivity contribution in [3.63, 3.8) is 0 Å². The Bertz CT molecular complexity index is 548. The number of hydrogen-bond donors (Lipinski definition) is 2. The van der Waals surface area contributed by atoms with Crippen LogP contribution in [0.5, 0.6) is 0 Å². The molecule has 0 saturated carbocycles. The van der Waals surface area contributed by atoms with Crippen LogP contribution in [0.1, 0.15) is 12.8 Å². The second kappa shape index (κ2) is 6.80. The molecular weight excluding hydrogens is 296 g/mol. The van der Waals surface area contributed by atoms with Crippen molar-refractivity contribution in [2.75, 3.05) is 30.4 Å². The lowest BCUT2D eigenvalue weighted by atomic mass is 10.2. The molecule has 1 aromatic carbocycles. The fraction of sp³-hybridized carbons (Fsp3) is 0.538. The molecule has 0 aliphatic carbocycles. The Morgan fingerprint density at radius 2 is 2.15 bits per heavy atom. The number of hydrogen-bond acceptors (Lipinski definition) is 5. The molecule has 0 amide bonds. The standard InChI is InChI=1S/C13H20N2O3S2/c14-12-5-1-2-6-13(12)19-8-9-20(17,18)15-7-3-4-11(15)10-16/h1-2,5-6,11,16H,3-4,7-10,14H2/t11-/m0/s1. The van der Waals surface area contributed by atoms with Gasteiger partial charge < -0.3 is 10.8 Å². The Morgan fingerprint density at radius 3 is 2.85 bits per heavy atom. The predicted molar refractivity (Wildman–Crippen MR) is 82.2 cm³/mol. The molecule has 3 N–H and O–H groups in total. The fourth-order valence-electron chi connectivity index (χ4n) is 2.34. The van der Waals surface area contributed by atoms with Gasteiger partial charge in [0.1, 0.15) is 0 Å². The number of benzene rings is 1. The van der Waals surface area contributed by atoms with Gasteiger partial charge in [-0.15, -0.1) is 11.8 Å². The monoisotopic (exact) mass is 316 g/mol. The molecule has 1 atom stereocenters. The Balaban J connectivity index is 1.91. The van der Waals surface area contributed by atoms with E-state index in [9.17, 15) is 13.5 Å². The highest BCUT2D eigenvalue weighted by molar-refractivity contribution is 8.00. The summed E-state index contributed by atoms with van der Waals surface area (Å²) in [5.41, 5.74) is 6.49. The van der Waals surface area contributed by atoms with Crippen LogP contribution in [0.15, 0.2) is 29.2 Å². The first kappa shape index (κ1) is 15.6. The quantitative estimate of drug-likeness (QED) is 0.607. The predicted octanol–water partition coefficient (Wildman–Crippen LogP) is 1.15. The van der Waals surface area contributed by atoms with E-state index in [1.54, 1.807) is 6.07 Å². The molecule has 1 fully saturated rings. The van der Waals surface area contributed by atoms with Crippen molar-refractivity contribution < 1.29 is 13.5 Å². The van der Waals surface area contributed by atoms with Gasteiger partial charge in [0.2, 0.25) is 10.0 Å². The van der Waals surface area contributed by atoms with E-state index >= 15 is 0 Å². The summed E-state index contributed by atoms with van der Waals surface area (Å²) in [6.07, 6.45) is 1.57. The minimum Gasteiger partial charge on any atom is -0.398 e. The third-order valence-electron chi connectivity index (χ3n) is 3.41. The number of anilines is 1. The number of aliphatic hydroxyl groups excluding tert-OH is 1. The van der Waals surface area contributed by atoms with Gasteiger partial charge in [-0.2, -0.15) is 4.31 Å². The molecule has 0 unspecified atom stereocenters. The Hall–Kier alpha value is -0.760. The van der Waals surface area contributed by atoms with Crippen LogP contribution in [0.2, 0.25) is 0 Å². The number of para-hydroxylation sites is 1. The van der Waals surface area contributed by atoms with Gasteiger partial charge in [-0.1, -0.05) is 12.1 Å². The van der Waals surface area contributed by atoms with Crippen LogP contribution >= 0.6 is 11.8 Å². The van der Waals surface area contributed by atoms with Gasteiger partial charge >= 0.3 is 0 Å². The highest BCUT2D eigenvalue weighted by Gasteiger charge is 2.33. The minimum absolute atomic E-state index is 0.0719. The van der Waals surface area contributed by atoms with Crippen LogP contribution in [0, 0.1) is 0 Å². The number of sulfonamides is 1. The number of rotatable bonds is 6. The summed E-state index contributed by atoms with van der Waals surface area (Å²) in [5.74, 6) is 0.535. The molecule has 1 aliphatic heterocycles. The zero-order valence-corrected chi connectivity index (χ0v) is 12.9. The van der Waals surface area contributed by atoms with Crippen LogP contribution in [0.3, 0.4) is 0 Å². The molecular formula is C13H20N2O3S2. The van der Waals surface area contributed by atoms with Crippen LogP contribution in [0.25, 0.3) is 0 Å². The average Bonchev–Trinajstić information content (AvgIpc) is 2.90. The summed E-state index contributed by atoms with van der Waals surface area (Å²) in [7, 11) is -3.29. The largest absolute Gasteiger partial charge is 0.398 e. The minimum atomic E-state index is -3.29. The third-order valence-corrected chi connectivity index (χ3v) is 6.67. The normalized spacial score (nSPS) is 20.4. The van der Waals surface area contributed by atoms with E-state index in [2.05, 4.69) is 0 Å². The van der Waals surface area contributed by atoms with Crippen molar-refractivity contribution >= 4 is 27.5 Å². The van der Waals surface area contributed by atoms with Crippen molar-refractivity contribution in [2.45, 2.75) is 23.8 Å². The molecule has 0 spiro atoms. The summed E-state index contributed by atoms with van der Waals surface area (Å²) in [6.45, 7) is 0.420. The smallest absolute Gasteiger partial charge is 0.215 e. The van der Waals surface area contributed by atoms with E-state index in [0.29, 0.717) is 18.0 Å². The van der Waals surface area contributed by atoms with Crippen LogP contribution in [-0.2, 0) is 10.0 Å². The number of nitrogen functional groups attached to an aromatic ring is 1. The SMILES string of the molecule is Nc1ccccc1SCCS(=O)(=O)N1CCC[C@H]1CO. The molecule has 1 saturated heterocycles. The first-order valence-electron chi connectivity index (χ1n) is 6.62. The zero-order chi connectivity index (χ0) is 14.6. The van der Waals surface area contributed by atoms with Crippen molar-refractivity contribution in [2.24, 2.45) is 0 Å². The third kappa shape index (κ3) is 3.66. The van der Waals surface area contributed by atoms with Crippen molar-refractivity contribution in [3.05, 3.63) is 24.3 Å². The van der Waals surface area contributed by atoms with Gasteiger partial charge in [-0.3, -0.25) is 0 Å². The summed E-state index contributed by atoms with van der Waals surface area (Å²) >= 11 is 1.45. The maximum Gasteiger partial charge on any atom is 0.215 e. The highest BCUT2D eigenvalue weighted by atomic mass is 32.2. The molecule has 1 heterocycles. The zero-order valence-electron chi connectivity index (χ0n) is 11.2. The first-order chi connectivity index (χ1) is 9.54. The molecule has 20 heavy (non-hydrogen) atoms. The Kier molecular flexibility index (Phi) is 5.31. The molecule has 112 valence electrons. The number of nitrogens with zero attached hydrogens (tertiary/aromatic N) is 1. The lowest BCUT2D eigenvalue weighted by Gasteiger charge is -2.22. The topological polar surface area (TPSA) is 83.6 Å². The van der Waals surface area contributed by atoms with Crippen molar-refractivity contribution in [1.82, 2.24) is 4.31 Å². The molecule has 1 aliphatic rings. The van der Waals surface area contributed by atoms with E-state index in [-0.39, 0.29) is 18.4 Å². The summed E-state index contributed by atoms with van der Waals surface area (Å²) < 4.78 is 25.9. The summed E-state index contributed by atoms with van der Waals surface area (Å²) in [5, 5.41) is 9.21. The molecule has 0 aromatic heterocycles. The maximum absolute atomic E-state index is 12.2. The lowest BCUT2D eigenvalue weighted by molar-refractivity contribution is 0.213. The Labute approximate surface area is 124 Å². The number of thioether (sulfide) groups is 1. The molecule has 1 aromatic rings. The van der Waals surface area contributed by atoms with Crippen LogP contribution in [-0.4, -0.2) is 48.5 Å². The van der Waals surface area contributed by atoms with Gasteiger partial charge in [0.15, 0.2) is 0 Å². The highest BCUT2D eigenvalue weighted by Crippen LogP contribution is 2.26. The number of nitrogens with two attached hydrogens (primary N) is 1. The van der Waals surface area contributed by atoms with Gasteiger partial charge in [0.05, 0.1) is 12.4 Å². The molecule has 0 bridgehead atoms. The molecule has 2 rings (SSSR count). The second-order valence-electron chi connectivity index (χ2n) is 4.79. The van der Waals surface area contributed by atoms with Crippen LogP contribution < -0.4 is 5.73 Å². The van der Waals surface area contributed by atoms with E-state index < -0.39 is 10.0 Å². The fourth-order valence-corrected chi connectivity index (χ4v) is 5.42. The summed E-state index contributed by atoms with van der Waals surface area (Å²) in [4.78, 5) is 0.905. The molecule has 7 heteroatoms. The van der Waals surface area contributed by atoms with Gasteiger partial charge in [0, 0.05) is 28.9 Å². The maximum atomic E-state index is 12.2. The Morgan fingerprint density at radius 1 is 1.40 bits per heavy atom. The lowest BCUT2D eigenvalue weighted by Crippen LogP contribution is -2.39. The van der Waals surface area contributed by atoms with E-state index in [0.717, 1.165) is 17.7 Å². The van der Waals surface area contributed by atoms with Gasteiger partial charge in [0.25, 0.3) is 0 Å².